The zero-order valence-corrected chi connectivity index (χ0v) is 32.2. The molecule has 1 radical (unpaired) electrons. The molecule has 0 aliphatic rings. The third-order valence-corrected chi connectivity index (χ3v) is 10.8. The molecular weight excluding hydrogens is 781 g/mol. The number of nitrogens with zero attached hydrogens (tertiary/aromatic N) is 2. The van der Waals surface area contributed by atoms with E-state index in [2.05, 4.69) is 143 Å². The first-order chi connectivity index (χ1) is 22.6. The van der Waals surface area contributed by atoms with Crippen LogP contribution in [0, 0.1) is 19.1 Å². The number of aryl methyl sites for hydroxylation is 1. The van der Waals surface area contributed by atoms with Crippen molar-refractivity contribution >= 4 is 35.2 Å². The third-order valence-electron chi connectivity index (χ3n) is 8.80. The molecule has 245 valence electrons. The van der Waals surface area contributed by atoms with Gasteiger partial charge in [-0.25, -0.2) is 0 Å². The number of para-hydroxylation sites is 1. The van der Waals surface area contributed by atoms with Crippen LogP contribution in [0.4, 0.5) is 0 Å². The summed E-state index contributed by atoms with van der Waals surface area (Å²) in [6.07, 6.45) is 3.98. The molecule has 0 fully saturated rings. The normalized spacial score (nSPS) is 12.0. The van der Waals surface area contributed by atoms with Gasteiger partial charge in [-0.05, 0) is 45.8 Å². The van der Waals surface area contributed by atoms with Crippen LogP contribution in [0.15, 0.2) is 120 Å². The van der Waals surface area contributed by atoms with Crippen LogP contribution in [-0.2, 0) is 20.1 Å². The number of aromatic nitrogens is 2. The molecule has 0 saturated carbocycles. The fraction of sp³-hybridized carbons (Fsp3) is 0.209. The fourth-order valence-electron chi connectivity index (χ4n) is 6.01. The van der Waals surface area contributed by atoms with Crippen LogP contribution < -0.4 is 5.19 Å². The van der Waals surface area contributed by atoms with Gasteiger partial charge in [-0.3, -0.25) is 0 Å². The van der Waals surface area contributed by atoms with Crippen molar-refractivity contribution < 1.29 is 24.5 Å². The zero-order chi connectivity index (χ0) is 33.1. The summed E-state index contributed by atoms with van der Waals surface area (Å²) in [5.74, 6) is 0.826. The number of fused-ring (bicyclic) bond motifs is 3. The van der Waals surface area contributed by atoms with E-state index in [1.807, 2.05) is 36.5 Å². The van der Waals surface area contributed by atoms with Crippen molar-refractivity contribution in [1.29, 1.82) is 0 Å². The molecule has 0 aliphatic heterocycles. The van der Waals surface area contributed by atoms with E-state index in [0.29, 0.717) is 11.8 Å². The Bertz CT molecular complexity index is 2130. The van der Waals surface area contributed by atoms with Crippen LogP contribution >= 0.6 is 0 Å². The second-order valence-electron chi connectivity index (χ2n) is 13.6. The third kappa shape index (κ3) is 7.60. The Labute approximate surface area is 299 Å². The van der Waals surface area contributed by atoms with Gasteiger partial charge in [0.15, 0.2) is 0 Å². The summed E-state index contributed by atoms with van der Waals surface area (Å²) in [4.78, 5) is 9.31. The van der Waals surface area contributed by atoms with Crippen molar-refractivity contribution in [1.82, 2.24) is 9.97 Å². The van der Waals surface area contributed by atoms with Crippen molar-refractivity contribution in [3.63, 3.8) is 0 Å². The molecule has 7 rings (SSSR count). The van der Waals surface area contributed by atoms with Gasteiger partial charge < -0.3 is 14.4 Å². The minimum Gasteiger partial charge on any atom is -0.501 e. The first-order valence-corrected chi connectivity index (χ1v) is 19.9. The molecule has 7 aromatic rings. The number of hydrogen-bond donors (Lipinski definition) is 0. The molecule has 0 aliphatic carbocycles. The van der Waals surface area contributed by atoms with E-state index in [9.17, 15) is 0 Å². The Morgan fingerprint density at radius 3 is 2.19 bits per heavy atom. The van der Waals surface area contributed by atoms with Gasteiger partial charge in [0.1, 0.15) is 5.58 Å². The molecule has 1 atom stereocenters. The van der Waals surface area contributed by atoms with Crippen molar-refractivity contribution in [2.24, 2.45) is 0 Å². The summed E-state index contributed by atoms with van der Waals surface area (Å²) >= 11 is 0. The molecule has 1 unspecified atom stereocenters. The van der Waals surface area contributed by atoms with Gasteiger partial charge >= 0.3 is 0 Å². The summed E-state index contributed by atoms with van der Waals surface area (Å²) in [6.45, 7) is 15.9. The van der Waals surface area contributed by atoms with Crippen LogP contribution in [0.3, 0.4) is 0 Å². The smallest absolute Gasteiger partial charge is 0.120 e. The van der Waals surface area contributed by atoms with E-state index in [1.165, 1.54) is 27.4 Å². The maximum absolute atomic E-state index is 6.07. The Hall–Kier alpha value is -4.15. The van der Waals surface area contributed by atoms with Crippen LogP contribution in [0.25, 0.3) is 44.5 Å². The van der Waals surface area contributed by atoms with Gasteiger partial charge in [-0.1, -0.05) is 125 Å². The first kappa shape index (κ1) is 35.2. The largest absolute Gasteiger partial charge is 0.501 e. The van der Waals surface area contributed by atoms with E-state index >= 15 is 0 Å². The topological polar surface area (TPSA) is 38.9 Å². The van der Waals surface area contributed by atoms with Crippen molar-refractivity contribution in [3.05, 3.63) is 150 Å². The number of pyridine rings is 2. The average molecular weight is 823 g/mol. The van der Waals surface area contributed by atoms with Crippen LogP contribution in [-0.4, -0.2) is 18.0 Å². The second kappa shape index (κ2) is 14.9. The van der Waals surface area contributed by atoms with E-state index < -0.39 is 8.07 Å². The summed E-state index contributed by atoms with van der Waals surface area (Å²) < 4.78 is 6.07. The van der Waals surface area contributed by atoms with Gasteiger partial charge in [-0.15, -0.1) is 53.6 Å². The van der Waals surface area contributed by atoms with E-state index in [0.717, 1.165) is 44.5 Å². The molecule has 3 heterocycles. The van der Waals surface area contributed by atoms with Crippen molar-refractivity contribution in [2.45, 2.75) is 59.2 Å². The molecule has 3 nitrogen and oxygen atoms in total. The molecule has 0 N–H and O–H groups in total. The Balaban J connectivity index is 0.000000185. The second-order valence-corrected chi connectivity index (χ2v) is 18.7. The molecule has 0 spiro atoms. The van der Waals surface area contributed by atoms with Crippen LogP contribution in [0.1, 0.15) is 54.9 Å². The Kier molecular flexibility index (Phi) is 10.9. The SMILES string of the molecule is CC(C)c1ccnc(-c2[c-]ccc3c2oc2ccccc23)c1.Cc1c[c-]c(-c2cc(C(C)c3ccccc3)c([Si](C)(C)C)cn2)cc1.[Ir]. The fourth-order valence-corrected chi connectivity index (χ4v) is 7.62. The molecule has 5 heteroatoms. The number of benzene rings is 4. The monoisotopic (exact) mass is 823 g/mol. The average Bonchev–Trinajstić information content (AvgIpc) is 3.47. The van der Waals surface area contributed by atoms with Crippen LogP contribution in [0.5, 0.6) is 0 Å². The molecule has 0 bridgehead atoms. The maximum atomic E-state index is 6.07. The van der Waals surface area contributed by atoms with Gasteiger partial charge in [0.25, 0.3) is 0 Å². The predicted molar refractivity (Wildman–Crippen MR) is 200 cm³/mol. The van der Waals surface area contributed by atoms with Crippen molar-refractivity contribution in [3.8, 4) is 22.5 Å². The molecule has 48 heavy (non-hydrogen) atoms. The minimum atomic E-state index is -1.48. The molecular formula is C43H42IrN2OSi-2. The minimum absolute atomic E-state index is 0. The van der Waals surface area contributed by atoms with Crippen molar-refractivity contribution in [2.75, 3.05) is 0 Å². The van der Waals surface area contributed by atoms with Gasteiger partial charge in [0, 0.05) is 43.8 Å². The van der Waals surface area contributed by atoms with Gasteiger partial charge in [0.2, 0.25) is 0 Å². The molecule has 3 aromatic heterocycles. The number of hydrogen-bond acceptors (Lipinski definition) is 3. The molecule has 0 saturated heterocycles. The standard InChI is InChI=1S/C23H26NSi.C20H16NO.Ir/c1-17-11-13-20(14-12-17)22-15-21(23(16-24-22)25(3,4)5)18(2)19-9-7-6-8-10-19;1-13(2)14-10-11-21-18(12-14)17-8-5-7-16-15-6-3-4-9-19(15)22-20(16)17;/h6-13,15-16,18H,1-5H3;3-7,9-13H,1-2H3;/q2*-1;. The summed E-state index contributed by atoms with van der Waals surface area (Å²) in [5, 5.41) is 3.69. The summed E-state index contributed by atoms with van der Waals surface area (Å²) in [7, 11) is -1.48. The summed E-state index contributed by atoms with van der Waals surface area (Å²) in [5.41, 5.74) is 10.9. The number of rotatable bonds is 6. The molecule has 0 amide bonds. The Morgan fingerprint density at radius 2 is 1.48 bits per heavy atom. The Morgan fingerprint density at radius 1 is 0.729 bits per heavy atom. The summed E-state index contributed by atoms with van der Waals surface area (Å²) in [6, 6.07) is 42.3. The van der Waals surface area contributed by atoms with E-state index in [1.54, 1.807) is 0 Å². The van der Waals surface area contributed by atoms with E-state index in [4.69, 9.17) is 9.40 Å². The quantitative estimate of drug-likeness (QED) is 0.124. The maximum Gasteiger partial charge on any atom is 0.120 e. The zero-order valence-electron chi connectivity index (χ0n) is 28.8. The van der Waals surface area contributed by atoms with Gasteiger partial charge in [-0.2, -0.15) is 0 Å². The van der Waals surface area contributed by atoms with E-state index in [-0.39, 0.29) is 20.1 Å². The first-order valence-electron chi connectivity index (χ1n) is 16.4. The van der Waals surface area contributed by atoms with Crippen LogP contribution in [0.2, 0.25) is 19.6 Å². The number of furan rings is 1. The molecule has 4 aromatic carbocycles. The van der Waals surface area contributed by atoms with Gasteiger partial charge in [0.05, 0.1) is 13.7 Å². The predicted octanol–water partition coefficient (Wildman–Crippen LogP) is 11.1.